The van der Waals surface area contributed by atoms with Crippen molar-refractivity contribution in [3.63, 3.8) is 0 Å². The number of ether oxygens (including phenoxy) is 2. The number of nitrogens with zero attached hydrogens (tertiary/aromatic N) is 1. The molecule has 0 amide bonds. The van der Waals surface area contributed by atoms with E-state index in [1.807, 2.05) is 57.2 Å². The number of carbonyl (C=O) groups is 1. The lowest BCUT2D eigenvalue weighted by Crippen LogP contribution is -2.29. The first kappa shape index (κ1) is 18.3. The molecule has 0 fully saturated rings. The van der Waals surface area contributed by atoms with E-state index in [9.17, 15) is 9.90 Å². The Hall–Kier alpha value is -3.08. The van der Waals surface area contributed by atoms with Crippen molar-refractivity contribution >= 4 is 17.2 Å². The standard InChI is InChI=1S/C23H23NO4/c1-14-4-7-16(8-5-14)24-22(15-6-9-19-20(10-15)28-13-27-19)21-17(25)11-23(2,3)12-18(21)26/h4-10,25H,11-13H2,1-3H3. The summed E-state index contributed by atoms with van der Waals surface area (Å²) in [4.78, 5) is 17.7. The molecule has 2 aromatic carbocycles. The van der Waals surface area contributed by atoms with E-state index in [0.717, 1.165) is 11.3 Å². The predicted molar refractivity (Wildman–Crippen MR) is 108 cm³/mol. The van der Waals surface area contributed by atoms with Crippen LogP contribution >= 0.6 is 0 Å². The number of benzene rings is 2. The number of carbonyl (C=O) groups excluding carboxylic acids is 1. The van der Waals surface area contributed by atoms with E-state index in [2.05, 4.69) is 0 Å². The maximum Gasteiger partial charge on any atom is 0.231 e. The Labute approximate surface area is 164 Å². The number of aliphatic hydroxyl groups is 1. The van der Waals surface area contributed by atoms with E-state index in [4.69, 9.17) is 14.5 Å². The van der Waals surface area contributed by atoms with E-state index in [-0.39, 0.29) is 23.8 Å². The molecular weight excluding hydrogens is 354 g/mol. The van der Waals surface area contributed by atoms with Crippen LogP contribution in [0.3, 0.4) is 0 Å². The minimum atomic E-state index is -0.269. The van der Waals surface area contributed by atoms with Gasteiger partial charge in [0.1, 0.15) is 5.76 Å². The minimum absolute atomic E-state index is 0.0878. The Balaban J connectivity index is 1.87. The summed E-state index contributed by atoms with van der Waals surface area (Å²) >= 11 is 0. The van der Waals surface area contributed by atoms with Crippen molar-refractivity contribution in [3.05, 3.63) is 64.9 Å². The Kier molecular flexibility index (Phi) is 4.46. The number of aryl methyl sites for hydroxylation is 1. The van der Waals surface area contributed by atoms with Gasteiger partial charge < -0.3 is 14.6 Å². The van der Waals surface area contributed by atoms with Gasteiger partial charge in [-0.25, -0.2) is 4.99 Å². The zero-order valence-corrected chi connectivity index (χ0v) is 16.3. The number of aliphatic hydroxyl groups excluding tert-OH is 1. The molecule has 1 aliphatic heterocycles. The minimum Gasteiger partial charge on any atom is -0.511 e. The number of fused-ring (bicyclic) bond motifs is 1. The topological polar surface area (TPSA) is 68.1 Å². The molecule has 0 saturated carbocycles. The SMILES string of the molecule is Cc1ccc(N=C(C2=C(O)CC(C)(C)CC2=O)c2ccc3c(c2)OCO3)cc1. The van der Waals surface area contributed by atoms with Crippen LogP contribution in [-0.4, -0.2) is 23.4 Å². The molecular formula is C23H23NO4. The molecule has 2 aliphatic rings. The quantitative estimate of drug-likeness (QED) is 0.761. The van der Waals surface area contributed by atoms with Crippen molar-refractivity contribution in [2.24, 2.45) is 10.4 Å². The Morgan fingerprint density at radius 2 is 1.75 bits per heavy atom. The zero-order chi connectivity index (χ0) is 19.9. The van der Waals surface area contributed by atoms with Crippen LogP contribution in [0.4, 0.5) is 5.69 Å². The Morgan fingerprint density at radius 1 is 1.04 bits per heavy atom. The van der Waals surface area contributed by atoms with Gasteiger partial charge >= 0.3 is 0 Å². The third-order valence-corrected chi connectivity index (χ3v) is 5.01. The third kappa shape index (κ3) is 3.52. The van der Waals surface area contributed by atoms with Gasteiger partial charge in [0.25, 0.3) is 0 Å². The first-order chi connectivity index (χ1) is 13.3. The molecule has 2 aromatic rings. The number of rotatable bonds is 3. The van der Waals surface area contributed by atoms with Gasteiger partial charge in [0.2, 0.25) is 6.79 Å². The number of hydrogen-bond acceptors (Lipinski definition) is 5. The summed E-state index contributed by atoms with van der Waals surface area (Å²) in [5, 5.41) is 10.7. The second-order valence-corrected chi connectivity index (χ2v) is 8.13. The van der Waals surface area contributed by atoms with Crippen LogP contribution in [-0.2, 0) is 4.79 Å². The molecule has 28 heavy (non-hydrogen) atoms. The highest BCUT2D eigenvalue weighted by Crippen LogP contribution is 2.39. The third-order valence-electron chi connectivity index (χ3n) is 5.01. The largest absolute Gasteiger partial charge is 0.511 e. The van der Waals surface area contributed by atoms with Gasteiger partial charge in [-0.05, 0) is 42.7 Å². The summed E-state index contributed by atoms with van der Waals surface area (Å²) < 4.78 is 10.9. The van der Waals surface area contributed by atoms with Crippen LogP contribution in [0.15, 0.2) is 58.8 Å². The van der Waals surface area contributed by atoms with Gasteiger partial charge in [-0.3, -0.25) is 4.79 Å². The molecule has 0 unspecified atom stereocenters. The van der Waals surface area contributed by atoms with Gasteiger partial charge in [0.05, 0.1) is 17.0 Å². The fourth-order valence-electron chi connectivity index (χ4n) is 3.61. The fourth-order valence-corrected chi connectivity index (χ4v) is 3.61. The van der Waals surface area contributed by atoms with Gasteiger partial charge in [0, 0.05) is 18.4 Å². The summed E-state index contributed by atoms with van der Waals surface area (Å²) in [6.07, 6.45) is 0.801. The smallest absolute Gasteiger partial charge is 0.231 e. The Bertz CT molecular complexity index is 1000. The summed E-state index contributed by atoms with van der Waals surface area (Å²) in [5.74, 6) is 1.26. The fraction of sp³-hybridized carbons (Fsp3) is 0.304. The molecule has 0 saturated heterocycles. The first-order valence-electron chi connectivity index (χ1n) is 9.33. The van der Waals surface area contributed by atoms with Gasteiger partial charge in [-0.2, -0.15) is 0 Å². The van der Waals surface area contributed by atoms with Crippen LogP contribution < -0.4 is 9.47 Å². The highest BCUT2D eigenvalue weighted by molar-refractivity contribution is 6.30. The average molecular weight is 377 g/mol. The lowest BCUT2D eigenvalue weighted by molar-refractivity contribution is -0.117. The molecule has 144 valence electrons. The van der Waals surface area contributed by atoms with Crippen LogP contribution in [0.2, 0.25) is 0 Å². The van der Waals surface area contributed by atoms with Crippen LogP contribution in [0.25, 0.3) is 0 Å². The highest BCUT2D eigenvalue weighted by Gasteiger charge is 2.35. The van der Waals surface area contributed by atoms with Gasteiger partial charge in [-0.1, -0.05) is 31.5 Å². The van der Waals surface area contributed by atoms with E-state index in [0.29, 0.717) is 41.2 Å². The maximum atomic E-state index is 13.0. The summed E-state index contributed by atoms with van der Waals surface area (Å²) in [6, 6.07) is 13.2. The Morgan fingerprint density at radius 3 is 2.46 bits per heavy atom. The summed E-state index contributed by atoms with van der Waals surface area (Å²) in [6.45, 7) is 6.14. The van der Waals surface area contributed by atoms with Gasteiger partial charge in [0.15, 0.2) is 17.3 Å². The molecule has 1 aliphatic carbocycles. The van der Waals surface area contributed by atoms with Crippen molar-refractivity contribution in [2.75, 3.05) is 6.79 Å². The second-order valence-electron chi connectivity index (χ2n) is 8.13. The van der Waals surface area contributed by atoms with Crippen molar-refractivity contribution in [3.8, 4) is 11.5 Å². The highest BCUT2D eigenvalue weighted by atomic mass is 16.7. The molecule has 0 atom stereocenters. The molecule has 4 rings (SSSR count). The van der Waals surface area contributed by atoms with Crippen molar-refractivity contribution < 1.29 is 19.4 Å². The molecule has 0 bridgehead atoms. The zero-order valence-electron chi connectivity index (χ0n) is 16.3. The molecule has 1 N–H and O–H groups in total. The van der Waals surface area contributed by atoms with Crippen molar-refractivity contribution in [1.29, 1.82) is 0 Å². The number of aliphatic imine (C=N–C) groups is 1. The molecule has 0 spiro atoms. The van der Waals surface area contributed by atoms with Crippen LogP contribution in [0.1, 0.15) is 37.8 Å². The molecule has 0 radical (unpaired) electrons. The van der Waals surface area contributed by atoms with Gasteiger partial charge in [-0.15, -0.1) is 0 Å². The van der Waals surface area contributed by atoms with E-state index in [1.165, 1.54) is 0 Å². The summed E-state index contributed by atoms with van der Waals surface area (Å²) in [5.41, 5.74) is 3.03. The monoisotopic (exact) mass is 377 g/mol. The van der Waals surface area contributed by atoms with E-state index < -0.39 is 0 Å². The average Bonchev–Trinajstić information content (AvgIpc) is 3.08. The molecule has 5 heteroatoms. The summed E-state index contributed by atoms with van der Waals surface area (Å²) in [7, 11) is 0. The lowest BCUT2D eigenvalue weighted by atomic mass is 9.75. The predicted octanol–water partition coefficient (Wildman–Crippen LogP) is 5.05. The maximum absolute atomic E-state index is 13.0. The van der Waals surface area contributed by atoms with E-state index >= 15 is 0 Å². The first-order valence-corrected chi connectivity index (χ1v) is 9.33. The van der Waals surface area contributed by atoms with Crippen molar-refractivity contribution in [2.45, 2.75) is 33.6 Å². The number of allylic oxidation sites excluding steroid dienone is 2. The molecule has 5 nitrogen and oxygen atoms in total. The number of ketones is 1. The van der Waals surface area contributed by atoms with Crippen LogP contribution in [0, 0.1) is 12.3 Å². The molecule has 1 heterocycles. The van der Waals surface area contributed by atoms with Crippen molar-refractivity contribution in [1.82, 2.24) is 0 Å². The lowest BCUT2D eigenvalue weighted by Gasteiger charge is -2.30. The van der Waals surface area contributed by atoms with Crippen LogP contribution in [0.5, 0.6) is 11.5 Å². The second kappa shape index (κ2) is 6.82. The van der Waals surface area contributed by atoms with E-state index in [1.54, 1.807) is 6.07 Å². The number of Topliss-reactive ketones (excluding diaryl/α,β-unsaturated/α-hetero) is 1. The molecule has 0 aromatic heterocycles. The normalized spacial score (nSPS) is 18.5. The number of hydrogen-bond donors (Lipinski definition) is 1.